The molecule has 0 radical (unpaired) electrons. The third-order valence-corrected chi connectivity index (χ3v) is 4.76. The second kappa shape index (κ2) is 9.10. The normalized spacial score (nSPS) is 10.4. The van der Waals surface area contributed by atoms with E-state index in [9.17, 15) is 9.59 Å². The Balaban J connectivity index is 1.79. The van der Waals surface area contributed by atoms with Crippen molar-refractivity contribution < 1.29 is 19.1 Å². The number of carbonyl (C=O) groups excluding carboxylic acids is 2. The minimum atomic E-state index is -0.324. The molecule has 0 saturated heterocycles. The second-order valence-corrected chi connectivity index (χ2v) is 6.77. The van der Waals surface area contributed by atoms with E-state index in [1.54, 1.807) is 4.57 Å². The molecule has 29 heavy (non-hydrogen) atoms. The quantitative estimate of drug-likeness (QED) is 0.448. The summed E-state index contributed by atoms with van der Waals surface area (Å²) < 4.78 is 11.5. The number of ether oxygens (including phenoxy) is 2. The number of nitrogens with one attached hydrogen (secondary N) is 1. The van der Waals surface area contributed by atoms with Crippen molar-refractivity contribution in [1.82, 2.24) is 4.57 Å². The maximum Gasteiger partial charge on any atom is 0.307 e. The second-order valence-electron chi connectivity index (χ2n) is 6.77. The van der Waals surface area contributed by atoms with Crippen LogP contribution in [0.1, 0.15) is 17.5 Å². The fraction of sp³-hybridized carbons (Fsp3) is 0.217. The highest BCUT2D eigenvalue weighted by Gasteiger charge is 2.15. The molecule has 0 atom stereocenters. The van der Waals surface area contributed by atoms with Crippen LogP contribution in [0.4, 0.5) is 11.4 Å². The van der Waals surface area contributed by atoms with E-state index in [0.29, 0.717) is 18.9 Å². The Bertz CT molecular complexity index is 989. The first-order chi connectivity index (χ1) is 14.0. The molecule has 3 rings (SSSR count). The standard InChI is InChI=1S/C23H24N2O4/c1-16-4-6-18(7-5-16)19-8-10-20(11-9-19)24-21-14-25(13-12-22(27)28-3)23(17(21)2)29-15-26/h4-11,14-15,24H,12-13H2,1-3H3. The van der Waals surface area contributed by atoms with Crippen LogP contribution in [0.3, 0.4) is 0 Å². The Morgan fingerprint density at radius 2 is 1.66 bits per heavy atom. The molecule has 0 aliphatic rings. The fourth-order valence-electron chi connectivity index (χ4n) is 3.10. The minimum absolute atomic E-state index is 0.185. The highest BCUT2D eigenvalue weighted by Crippen LogP contribution is 2.32. The average molecular weight is 392 g/mol. The predicted octanol–water partition coefficient (Wildman–Crippen LogP) is 4.61. The first-order valence-corrected chi connectivity index (χ1v) is 9.33. The lowest BCUT2D eigenvalue weighted by Crippen LogP contribution is -2.08. The summed E-state index contributed by atoms with van der Waals surface area (Å²) in [6.45, 7) is 4.66. The maximum atomic E-state index is 11.4. The molecule has 0 aliphatic carbocycles. The maximum absolute atomic E-state index is 11.4. The zero-order valence-electron chi connectivity index (χ0n) is 16.8. The summed E-state index contributed by atoms with van der Waals surface area (Å²) in [5.41, 5.74) is 6.01. The van der Waals surface area contributed by atoms with Crippen LogP contribution < -0.4 is 10.1 Å². The van der Waals surface area contributed by atoms with Crippen molar-refractivity contribution in [2.45, 2.75) is 26.8 Å². The minimum Gasteiger partial charge on any atom is -0.469 e. The number of anilines is 2. The smallest absolute Gasteiger partial charge is 0.307 e. The number of methoxy groups -OCH3 is 1. The Morgan fingerprint density at radius 1 is 1.03 bits per heavy atom. The molecular weight excluding hydrogens is 368 g/mol. The molecule has 0 saturated carbocycles. The van der Waals surface area contributed by atoms with Crippen LogP contribution in [0.25, 0.3) is 11.1 Å². The largest absolute Gasteiger partial charge is 0.469 e. The van der Waals surface area contributed by atoms with Gasteiger partial charge in [0.15, 0.2) is 0 Å². The number of benzene rings is 2. The van der Waals surface area contributed by atoms with Crippen LogP contribution in [-0.2, 0) is 20.9 Å². The molecule has 0 fully saturated rings. The molecule has 1 N–H and O–H groups in total. The molecule has 1 aromatic heterocycles. The monoisotopic (exact) mass is 392 g/mol. The molecule has 0 unspecified atom stereocenters. The topological polar surface area (TPSA) is 69.6 Å². The lowest BCUT2D eigenvalue weighted by atomic mass is 10.0. The summed E-state index contributed by atoms with van der Waals surface area (Å²) in [5.74, 6) is 0.0808. The fourth-order valence-corrected chi connectivity index (χ4v) is 3.10. The molecule has 150 valence electrons. The van der Waals surface area contributed by atoms with Crippen LogP contribution in [0, 0.1) is 13.8 Å². The van der Waals surface area contributed by atoms with Crippen molar-refractivity contribution in [2.24, 2.45) is 0 Å². The van der Waals surface area contributed by atoms with Crippen LogP contribution >= 0.6 is 0 Å². The van der Waals surface area contributed by atoms with Gasteiger partial charge in [-0.3, -0.25) is 9.59 Å². The van der Waals surface area contributed by atoms with Crippen molar-refractivity contribution in [3.8, 4) is 17.0 Å². The third-order valence-electron chi connectivity index (χ3n) is 4.76. The zero-order valence-corrected chi connectivity index (χ0v) is 16.8. The number of rotatable bonds is 8. The summed E-state index contributed by atoms with van der Waals surface area (Å²) in [5, 5.41) is 3.35. The molecule has 0 aliphatic heterocycles. The number of hydrogen-bond acceptors (Lipinski definition) is 5. The molecule has 2 aromatic carbocycles. The predicted molar refractivity (Wildman–Crippen MR) is 112 cm³/mol. The number of aryl methyl sites for hydroxylation is 2. The Hall–Kier alpha value is -3.54. The SMILES string of the molecule is COC(=O)CCn1cc(Nc2ccc(-c3ccc(C)cc3)cc2)c(C)c1OC=O. The van der Waals surface area contributed by atoms with E-state index in [-0.39, 0.29) is 12.4 Å². The van der Waals surface area contributed by atoms with Crippen molar-refractivity contribution in [1.29, 1.82) is 0 Å². The van der Waals surface area contributed by atoms with Crippen LogP contribution in [0.15, 0.2) is 54.7 Å². The Morgan fingerprint density at radius 3 is 2.24 bits per heavy atom. The van der Waals surface area contributed by atoms with Crippen molar-refractivity contribution in [2.75, 3.05) is 12.4 Å². The van der Waals surface area contributed by atoms with Gasteiger partial charge in [0.2, 0.25) is 5.88 Å². The molecule has 6 heteroatoms. The van der Waals surface area contributed by atoms with Gasteiger partial charge in [-0.1, -0.05) is 42.0 Å². The van der Waals surface area contributed by atoms with Crippen molar-refractivity contribution >= 4 is 23.8 Å². The zero-order chi connectivity index (χ0) is 20.8. The van der Waals surface area contributed by atoms with Crippen LogP contribution in [-0.4, -0.2) is 24.1 Å². The summed E-state index contributed by atoms with van der Waals surface area (Å²) >= 11 is 0. The molecule has 0 spiro atoms. The lowest BCUT2D eigenvalue weighted by molar-refractivity contribution is -0.140. The number of hydrogen-bond donors (Lipinski definition) is 1. The first-order valence-electron chi connectivity index (χ1n) is 9.33. The highest BCUT2D eigenvalue weighted by atomic mass is 16.5. The molecule has 6 nitrogen and oxygen atoms in total. The van der Waals surface area contributed by atoms with E-state index in [2.05, 4.69) is 53.4 Å². The summed E-state index contributed by atoms with van der Waals surface area (Å²) in [7, 11) is 1.35. The average Bonchev–Trinajstić information content (AvgIpc) is 3.02. The third kappa shape index (κ3) is 4.85. The van der Waals surface area contributed by atoms with E-state index in [4.69, 9.17) is 4.74 Å². The molecule has 0 bridgehead atoms. The van der Waals surface area contributed by atoms with Gasteiger partial charge in [0.25, 0.3) is 6.47 Å². The van der Waals surface area contributed by atoms with Gasteiger partial charge in [-0.25, -0.2) is 0 Å². The van der Waals surface area contributed by atoms with Gasteiger partial charge in [-0.15, -0.1) is 0 Å². The summed E-state index contributed by atoms with van der Waals surface area (Å²) in [4.78, 5) is 22.3. The van der Waals surface area contributed by atoms with Gasteiger partial charge in [-0.2, -0.15) is 0 Å². The summed E-state index contributed by atoms with van der Waals surface area (Å²) in [6, 6.07) is 16.5. The van der Waals surface area contributed by atoms with E-state index in [0.717, 1.165) is 28.1 Å². The van der Waals surface area contributed by atoms with Gasteiger partial charge in [0.05, 0.1) is 19.2 Å². The Kier molecular flexibility index (Phi) is 6.34. The first kappa shape index (κ1) is 20.2. The van der Waals surface area contributed by atoms with E-state index >= 15 is 0 Å². The van der Waals surface area contributed by atoms with Gasteiger partial charge >= 0.3 is 5.97 Å². The number of carbonyl (C=O) groups is 2. The van der Waals surface area contributed by atoms with Crippen molar-refractivity contribution in [3.05, 3.63) is 65.9 Å². The highest BCUT2D eigenvalue weighted by molar-refractivity contribution is 5.71. The number of aromatic nitrogens is 1. The van der Waals surface area contributed by atoms with Gasteiger partial charge in [0.1, 0.15) is 0 Å². The van der Waals surface area contributed by atoms with Crippen molar-refractivity contribution in [3.63, 3.8) is 0 Å². The van der Waals surface area contributed by atoms with Crippen LogP contribution in [0.2, 0.25) is 0 Å². The molecule has 0 amide bonds. The lowest BCUT2D eigenvalue weighted by Gasteiger charge is -2.08. The molecule has 1 heterocycles. The van der Waals surface area contributed by atoms with E-state index < -0.39 is 0 Å². The van der Waals surface area contributed by atoms with Gasteiger partial charge < -0.3 is 19.4 Å². The van der Waals surface area contributed by atoms with E-state index in [1.807, 2.05) is 25.3 Å². The number of esters is 1. The summed E-state index contributed by atoms with van der Waals surface area (Å²) in [6.07, 6.45) is 2.01. The molecular formula is C23H24N2O4. The Labute approximate surface area is 170 Å². The van der Waals surface area contributed by atoms with Crippen LogP contribution in [0.5, 0.6) is 5.88 Å². The van der Waals surface area contributed by atoms with E-state index in [1.165, 1.54) is 12.7 Å². The molecule has 3 aromatic rings. The van der Waals surface area contributed by atoms with Gasteiger partial charge in [-0.05, 0) is 37.1 Å². The number of nitrogens with zero attached hydrogens (tertiary/aromatic N) is 1. The van der Waals surface area contributed by atoms with Gasteiger partial charge in [0, 0.05) is 24.0 Å².